The van der Waals surface area contributed by atoms with Crippen LogP contribution in [0.5, 0.6) is 0 Å². The lowest BCUT2D eigenvalue weighted by Gasteiger charge is -2.42. The summed E-state index contributed by atoms with van der Waals surface area (Å²) in [4.78, 5) is 0. The fraction of sp³-hybridized carbons (Fsp3) is 1.00. The molecule has 2 aliphatic heterocycles. The molecule has 0 aliphatic carbocycles. The Morgan fingerprint density at radius 1 is 1.29 bits per heavy atom. The second-order valence-corrected chi connectivity index (χ2v) is 6.63. The average molecular weight is 299 g/mol. The maximum absolute atomic E-state index is 6.09. The number of nitrogens with one attached hydrogen (secondary N) is 1. The van der Waals surface area contributed by atoms with Crippen LogP contribution in [0.2, 0.25) is 0 Å². The molecule has 2 fully saturated rings. The maximum atomic E-state index is 6.09. The van der Waals surface area contributed by atoms with E-state index in [9.17, 15) is 0 Å². The number of hydrogen-bond acceptors (Lipinski definition) is 4. The molecule has 2 aliphatic rings. The SMILES string of the molecule is CCCNC(C1CCOC2(CCOC2)C1)C(CCC)OC. The molecule has 1 spiro atoms. The summed E-state index contributed by atoms with van der Waals surface area (Å²) in [5.74, 6) is 0.628. The Labute approximate surface area is 129 Å². The summed E-state index contributed by atoms with van der Waals surface area (Å²) < 4.78 is 17.5. The topological polar surface area (TPSA) is 39.7 Å². The van der Waals surface area contributed by atoms with E-state index in [-0.39, 0.29) is 5.60 Å². The van der Waals surface area contributed by atoms with E-state index in [4.69, 9.17) is 14.2 Å². The molecule has 0 bridgehead atoms. The third-order valence-corrected chi connectivity index (χ3v) is 5.01. The first-order valence-electron chi connectivity index (χ1n) is 8.72. The standard InChI is InChI=1S/C17H33NO3/c1-4-6-15(19-3)16(18-9-5-2)14-7-10-21-17(12-14)8-11-20-13-17/h14-16,18H,4-13H2,1-3H3. The highest BCUT2D eigenvalue weighted by Crippen LogP contribution is 2.38. The first kappa shape index (κ1) is 17.2. The van der Waals surface area contributed by atoms with Gasteiger partial charge in [0.15, 0.2) is 0 Å². The molecule has 2 saturated heterocycles. The van der Waals surface area contributed by atoms with Crippen LogP contribution in [0.15, 0.2) is 0 Å². The van der Waals surface area contributed by atoms with E-state index >= 15 is 0 Å². The summed E-state index contributed by atoms with van der Waals surface area (Å²) in [6.45, 7) is 8.01. The lowest BCUT2D eigenvalue weighted by Crippen LogP contribution is -2.52. The van der Waals surface area contributed by atoms with Crippen LogP contribution in [0.1, 0.15) is 52.4 Å². The number of rotatable bonds is 8. The predicted molar refractivity (Wildman–Crippen MR) is 84.6 cm³/mol. The minimum atomic E-state index is -0.0143. The Morgan fingerprint density at radius 3 is 2.76 bits per heavy atom. The first-order valence-corrected chi connectivity index (χ1v) is 8.72. The Balaban J connectivity index is 2.03. The Morgan fingerprint density at radius 2 is 2.14 bits per heavy atom. The van der Waals surface area contributed by atoms with Gasteiger partial charge in [0.1, 0.15) is 0 Å². The van der Waals surface area contributed by atoms with Gasteiger partial charge >= 0.3 is 0 Å². The summed E-state index contributed by atoms with van der Waals surface area (Å²) >= 11 is 0. The minimum absolute atomic E-state index is 0.0143. The molecule has 4 atom stereocenters. The zero-order chi connectivity index (χ0) is 15.1. The number of hydrogen-bond donors (Lipinski definition) is 1. The molecule has 0 aromatic heterocycles. The van der Waals surface area contributed by atoms with Gasteiger partial charge in [-0.05, 0) is 38.1 Å². The van der Waals surface area contributed by atoms with Crippen molar-refractivity contribution >= 4 is 0 Å². The molecule has 4 unspecified atom stereocenters. The molecule has 21 heavy (non-hydrogen) atoms. The average Bonchev–Trinajstić information content (AvgIpc) is 2.94. The number of methoxy groups -OCH3 is 1. The molecule has 0 amide bonds. The van der Waals surface area contributed by atoms with E-state index < -0.39 is 0 Å². The third kappa shape index (κ3) is 4.41. The summed E-state index contributed by atoms with van der Waals surface area (Å²) in [7, 11) is 1.86. The lowest BCUT2D eigenvalue weighted by molar-refractivity contribution is -0.111. The molecule has 124 valence electrons. The Hall–Kier alpha value is -0.160. The highest BCUT2D eigenvalue weighted by atomic mass is 16.6. The van der Waals surface area contributed by atoms with Crippen LogP contribution in [0.3, 0.4) is 0 Å². The van der Waals surface area contributed by atoms with E-state index in [1.54, 1.807) is 0 Å². The predicted octanol–water partition coefficient (Wildman–Crippen LogP) is 2.76. The second-order valence-electron chi connectivity index (χ2n) is 6.63. The van der Waals surface area contributed by atoms with Gasteiger partial charge in [0, 0.05) is 32.8 Å². The van der Waals surface area contributed by atoms with E-state index in [0.29, 0.717) is 18.1 Å². The van der Waals surface area contributed by atoms with Crippen molar-refractivity contribution in [1.29, 1.82) is 0 Å². The highest BCUT2D eigenvalue weighted by Gasteiger charge is 2.44. The summed E-state index contributed by atoms with van der Waals surface area (Å²) in [5.41, 5.74) is -0.0143. The normalized spacial score (nSPS) is 32.4. The van der Waals surface area contributed by atoms with Crippen LogP contribution >= 0.6 is 0 Å². The molecular weight excluding hydrogens is 266 g/mol. The van der Waals surface area contributed by atoms with E-state index in [1.807, 2.05) is 7.11 Å². The van der Waals surface area contributed by atoms with Gasteiger partial charge in [-0.1, -0.05) is 20.3 Å². The molecule has 4 heteroatoms. The van der Waals surface area contributed by atoms with Gasteiger partial charge in [0.2, 0.25) is 0 Å². The molecule has 4 nitrogen and oxygen atoms in total. The monoisotopic (exact) mass is 299 g/mol. The number of ether oxygens (including phenoxy) is 3. The highest BCUT2D eigenvalue weighted by molar-refractivity contribution is 4.95. The lowest BCUT2D eigenvalue weighted by atomic mass is 9.78. The van der Waals surface area contributed by atoms with Gasteiger partial charge in [-0.3, -0.25) is 0 Å². The van der Waals surface area contributed by atoms with E-state index in [1.165, 1.54) is 6.42 Å². The summed E-state index contributed by atoms with van der Waals surface area (Å²) in [5, 5.41) is 3.76. The zero-order valence-electron chi connectivity index (χ0n) is 14.0. The summed E-state index contributed by atoms with van der Waals surface area (Å²) in [6, 6.07) is 0.441. The minimum Gasteiger partial charge on any atom is -0.380 e. The maximum Gasteiger partial charge on any atom is 0.0939 e. The van der Waals surface area contributed by atoms with Crippen LogP contribution in [0.4, 0.5) is 0 Å². The van der Waals surface area contributed by atoms with Crippen molar-refractivity contribution in [3.05, 3.63) is 0 Å². The van der Waals surface area contributed by atoms with Crippen LogP contribution < -0.4 is 5.32 Å². The second kappa shape index (κ2) is 8.47. The van der Waals surface area contributed by atoms with Gasteiger partial charge in [0.25, 0.3) is 0 Å². The molecule has 0 aromatic carbocycles. The third-order valence-electron chi connectivity index (χ3n) is 5.01. The molecule has 0 saturated carbocycles. The zero-order valence-corrected chi connectivity index (χ0v) is 14.0. The summed E-state index contributed by atoms with van der Waals surface area (Å²) in [6.07, 6.45) is 7.05. The van der Waals surface area contributed by atoms with Gasteiger partial charge in [-0.2, -0.15) is 0 Å². The van der Waals surface area contributed by atoms with Gasteiger partial charge in [-0.15, -0.1) is 0 Å². The molecular formula is C17H33NO3. The first-order chi connectivity index (χ1) is 10.2. The molecule has 1 N–H and O–H groups in total. The van der Waals surface area contributed by atoms with Crippen LogP contribution in [0.25, 0.3) is 0 Å². The smallest absolute Gasteiger partial charge is 0.0939 e. The largest absolute Gasteiger partial charge is 0.380 e. The van der Waals surface area contributed by atoms with Crippen molar-refractivity contribution in [1.82, 2.24) is 5.32 Å². The molecule has 0 radical (unpaired) electrons. The fourth-order valence-electron chi connectivity index (χ4n) is 3.88. The van der Waals surface area contributed by atoms with Crippen molar-refractivity contribution in [3.8, 4) is 0 Å². The molecule has 2 heterocycles. The van der Waals surface area contributed by atoms with Crippen LogP contribution in [-0.4, -0.2) is 51.2 Å². The molecule has 0 aromatic rings. The van der Waals surface area contributed by atoms with Gasteiger partial charge in [-0.25, -0.2) is 0 Å². The van der Waals surface area contributed by atoms with Crippen molar-refractivity contribution in [3.63, 3.8) is 0 Å². The van der Waals surface area contributed by atoms with Crippen molar-refractivity contribution in [2.24, 2.45) is 5.92 Å². The fourth-order valence-corrected chi connectivity index (χ4v) is 3.88. The van der Waals surface area contributed by atoms with Crippen molar-refractivity contribution in [2.45, 2.75) is 70.1 Å². The van der Waals surface area contributed by atoms with E-state index in [0.717, 1.165) is 58.5 Å². The Kier molecular flexibility index (Phi) is 6.93. The Bertz CT molecular complexity index is 292. The van der Waals surface area contributed by atoms with Crippen molar-refractivity contribution < 1.29 is 14.2 Å². The van der Waals surface area contributed by atoms with Gasteiger partial charge in [0.05, 0.1) is 18.3 Å². The van der Waals surface area contributed by atoms with Crippen molar-refractivity contribution in [2.75, 3.05) is 33.5 Å². The molecule has 2 rings (SSSR count). The van der Waals surface area contributed by atoms with E-state index in [2.05, 4.69) is 19.2 Å². The quantitative estimate of drug-likeness (QED) is 0.748. The van der Waals surface area contributed by atoms with Gasteiger partial charge < -0.3 is 19.5 Å². The van der Waals surface area contributed by atoms with Crippen LogP contribution in [-0.2, 0) is 14.2 Å². The van der Waals surface area contributed by atoms with Crippen LogP contribution in [0, 0.1) is 5.92 Å².